The number of aromatic nitrogens is 2. The van der Waals surface area contributed by atoms with Gasteiger partial charge in [0.2, 0.25) is 0 Å². The molecule has 0 saturated carbocycles. The first-order valence-electron chi connectivity index (χ1n) is 5.99. The molecule has 0 bridgehead atoms. The third-order valence-corrected chi connectivity index (χ3v) is 3.18. The molecular formula is C15H13N3O. The molecule has 0 aliphatic heterocycles. The van der Waals surface area contributed by atoms with Gasteiger partial charge in [0, 0.05) is 18.3 Å². The Balaban J connectivity index is 2.40. The number of rotatable bonds is 1. The monoisotopic (exact) mass is 251 g/mol. The number of nitrogens with two attached hydrogens (primary N) is 1. The highest BCUT2D eigenvalue weighted by Gasteiger charge is 2.11. The van der Waals surface area contributed by atoms with E-state index in [1.807, 2.05) is 36.4 Å². The fraction of sp³-hybridized carbons (Fsp3) is 0.0667. The summed E-state index contributed by atoms with van der Waals surface area (Å²) in [7, 11) is 1.71. The number of fused-ring (bicyclic) bond motifs is 1. The van der Waals surface area contributed by atoms with Crippen LogP contribution in [0.2, 0.25) is 0 Å². The maximum atomic E-state index is 12.3. The lowest BCUT2D eigenvalue weighted by molar-refractivity contribution is 0.856. The Morgan fingerprint density at radius 3 is 2.53 bits per heavy atom. The van der Waals surface area contributed by atoms with E-state index in [0.717, 1.165) is 5.56 Å². The van der Waals surface area contributed by atoms with E-state index in [-0.39, 0.29) is 5.56 Å². The number of hydrogen-bond acceptors (Lipinski definition) is 3. The lowest BCUT2D eigenvalue weighted by Crippen LogP contribution is -2.20. The molecule has 0 atom stereocenters. The van der Waals surface area contributed by atoms with Crippen LogP contribution in [0.1, 0.15) is 0 Å². The quantitative estimate of drug-likeness (QED) is 0.674. The molecule has 0 radical (unpaired) electrons. The van der Waals surface area contributed by atoms with Crippen LogP contribution in [-0.2, 0) is 7.05 Å². The van der Waals surface area contributed by atoms with E-state index in [0.29, 0.717) is 22.4 Å². The molecular weight excluding hydrogens is 238 g/mol. The molecule has 2 aromatic carbocycles. The molecule has 0 spiro atoms. The second-order valence-corrected chi connectivity index (χ2v) is 4.40. The van der Waals surface area contributed by atoms with Crippen LogP contribution in [0.5, 0.6) is 0 Å². The van der Waals surface area contributed by atoms with Crippen LogP contribution >= 0.6 is 0 Å². The van der Waals surface area contributed by atoms with E-state index in [1.54, 1.807) is 19.2 Å². The molecule has 1 aromatic heterocycles. The average Bonchev–Trinajstić information content (AvgIpc) is 2.44. The summed E-state index contributed by atoms with van der Waals surface area (Å²) in [5.41, 5.74) is 7.96. The standard InChI is InChI=1S/C15H13N3O/c1-18-14(10-6-2-4-8-12(10)16)17-13-9-5-3-7-11(13)15(18)19/h2-9H,16H2,1H3. The maximum Gasteiger partial charge on any atom is 0.261 e. The predicted octanol–water partition coefficient (Wildman–Crippen LogP) is 2.18. The molecule has 0 fully saturated rings. The van der Waals surface area contributed by atoms with Crippen molar-refractivity contribution in [2.45, 2.75) is 0 Å². The van der Waals surface area contributed by atoms with E-state index < -0.39 is 0 Å². The van der Waals surface area contributed by atoms with E-state index in [9.17, 15) is 4.79 Å². The molecule has 0 unspecified atom stereocenters. The summed E-state index contributed by atoms with van der Waals surface area (Å²) in [5, 5.41) is 0.614. The van der Waals surface area contributed by atoms with Gasteiger partial charge in [0.1, 0.15) is 5.82 Å². The van der Waals surface area contributed by atoms with Crippen molar-refractivity contribution in [3.8, 4) is 11.4 Å². The van der Waals surface area contributed by atoms with Gasteiger partial charge < -0.3 is 5.73 Å². The van der Waals surface area contributed by atoms with Crippen molar-refractivity contribution in [2.75, 3.05) is 5.73 Å². The fourth-order valence-corrected chi connectivity index (χ4v) is 2.16. The van der Waals surface area contributed by atoms with E-state index in [4.69, 9.17) is 5.73 Å². The van der Waals surface area contributed by atoms with E-state index >= 15 is 0 Å². The molecule has 3 rings (SSSR count). The molecule has 3 aromatic rings. The normalized spacial score (nSPS) is 10.8. The fourth-order valence-electron chi connectivity index (χ4n) is 2.16. The number of nitrogen functional groups attached to an aromatic ring is 1. The minimum Gasteiger partial charge on any atom is -0.398 e. The Morgan fingerprint density at radius 1 is 1.05 bits per heavy atom. The summed E-state index contributed by atoms with van der Waals surface area (Å²) in [5.74, 6) is 0.585. The predicted molar refractivity (Wildman–Crippen MR) is 76.8 cm³/mol. The van der Waals surface area contributed by atoms with Crippen molar-refractivity contribution in [1.82, 2.24) is 9.55 Å². The van der Waals surface area contributed by atoms with Crippen molar-refractivity contribution >= 4 is 16.6 Å². The molecule has 19 heavy (non-hydrogen) atoms. The third-order valence-electron chi connectivity index (χ3n) is 3.18. The van der Waals surface area contributed by atoms with Gasteiger partial charge in [-0.25, -0.2) is 4.98 Å². The van der Waals surface area contributed by atoms with Crippen molar-refractivity contribution in [2.24, 2.45) is 7.05 Å². The van der Waals surface area contributed by atoms with Crippen molar-refractivity contribution in [3.63, 3.8) is 0 Å². The number of hydrogen-bond donors (Lipinski definition) is 1. The molecule has 94 valence electrons. The molecule has 0 saturated heterocycles. The van der Waals surface area contributed by atoms with Gasteiger partial charge in [-0.1, -0.05) is 24.3 Å². The molecule has 0 aliphatic carbocycles. The van der Waals surface area contributed by atoms with Gasteiger partial charge in [0.15, 0.2) is 0 Å². The zero-order valence-electron chi connectivity index (χ0n) is 10.5. The van der Waals surface area contributed by atoms with Gasteiger partial charge in [-0.2, -0.15) is 0 Å². The summed E-state index contributed by atoms with van der Waals surface area (Å²) in [4.78, 5) is 16.9. The average molecular weight is 251 g/mol. The lowest BCUT2D eigenvalue weighted by atomic mass is 10.1. The topological polar surface area (TPSA) is 60.9 Å². The minimum atomic E-state index is -0.0659. The van der Waals surface area contributed by atoms with Crippen LogP contribution in [-0.4, -0.2) is 9.55 Å². The van der Waals surface area contributed by atoms with Crippen molar-refractivity contribution < 1.29 is 0 Å². The highest BCUT2D eigenvalue weighted by molar-refractivity contribution is 5.81. The van der Waals surface area contributed by atoms with Crippen LogP contribution in [0.4, 0.5) is 5.69 Å². The van der Waals surface area contributed by atoms with Crippen LogP contribution in [0.25, 0.3) is 22.3 Å². The summed E-state index contributed by atoms with van der Waals surface area (Å²) in [6.07, 6.45) is 0. The molecule has 4 nitrogen and oxygen atoms in total. The van der Waals surface area contributed by atoms with Gasteiger partial charge in [-0.15, -0.1) is 0 Å². The van der Waals surface area contributed by atoms with Crippen LogP contribution in [0, 0.1) is 0 Å². The minimum absolute atomic E-state index is 0.0659. The largest absolute Gasteiger partial charge is 0.398 e. The lowest BCUT2D eigenvalue weighted by Gasteiger charge is -2.10. The van der Waals surface area contributed by atoms with Crippen LogP contribution < -0.4 is 11.3 Å². The highest BCUT2D eigenvalue weighted by Crippen LogP contribution is 2.23. The first-order chi connectivity index (χ1) is 9.18. The molecule has 0 aliphatic rings. The number of anilines is 1. The summed E-state index contributed by atoms with van der Waals surface area (Å²) < 4.78 is 1.54. The second-order valence-electron chi connectivity index (χ2n) is 4.40. The Hall–Kier alpha value is -2.62. The Morgan fingerprint density at radius 2 is 1.74 bits per heavy atom. The Kier molecular flexibility index (Phi) is 2.56. The van der Waals surface area contributed by atoms with Gasteiger partial charge in [0.05, 0.1) is 10.9 Å². The Bertz CT molecular complexity index is 821. The number of benzene rings is 2. The second kappa shape index (κ2) is 4.24. The first-order valence-corrected chi connectivity index (χ1v) is 5.99. The van der Waals surface area contributed by atoms with Gasteiger partial charge in [0.25, 0.3) is 5.56 Å². The summed E-state index contributed by atoms with van der Waals surface area (Å²) in [6.45, 7) is 0. The highest BCUT2D eigenvalue weighted by atomic mass is 16.1. The number of para-hydroxylation sites is 2. The maximum absolute atomic E-state index is 12.3. The zero-order chi connectivity index (χ0) is 13.4. The zero-order valence-corrected chi connectivity index (χ0v) is 10.5. The smallest absolute Gasteiger partial charge is 0.261 e. The Labute approximate surface area is 110 Å². The van der Waals surface area contributed by atoms with Gasteiger partial charge in [-0.05, 0) is 24.3 Å². The van der Waals surface area contributed by atoms with Crippen molar-refractivity contribution in [1.29, 1.82) is 0 Å². The SMILES string of the molecule is Cn1c(-c2ccccc2N)nc2ccccc2c1=O. The molecule has 2 N–H and O–H groups in total. The summed E-state index contributed by atoms with van der Waals surface area (Å²) >= 11 is 0. The van der Waals surface area contributed by atoms with Crippen LogP contribution in [0.3, 0.4) is 0 Å². The van der Waals surface area contributed by atoms with Crippen molar-refractivity contribution in [3.05, 3.63) is 58.9 Å². The third kappa shape index (κ3) is 1.78. The molecule has 4 heteroatoms. The van der Waals surface area contributed by atoms with Crippen LogP contribution in [0.15, 0.2) is 53.3 Å². The number of nitrogens with zero attached hydrogens (tertiary/aromatic N) is 2. The van der Waals surface area contributed by atoms with E-state index in [1.165, 1.54) is 4.57 Å². The molecule has 0 amide bonds. The molecule has 1 heterocycles. The van der Waals surface area contributed by atoms with E-state index in [2.05, 4.69) is 4.98 Å². The summed E-state index contributed by atoms with van der Waals surface area (Å²) in [6, 6.07) is 14.7. The van der Waals surface area contributed by atoms with Gasteiger partial charge in [-0.3, -0.25) is 9.36 Å². The first kappa shape index (κ1) is 11.5. The van der Waals surface area contributed by atoms with Gasteiger partial charge >= 0.3 is 0 Å².